The molecule has 0 amide bonds. The van der Waals surface area contributed by atoms with Gasteiger partial charge in [0.25, 0.3) is 0 Å². The Bertz CT molecular complexity index is 924. The second kappa shape index (κ2) is 5.65. The number of hydrogen-bond donors (Lipinski definition) is 0. The average Bonchev–Trinajstić information content (AvgIpc) is 2.82. The Balaban J connectivity index is 1.70. The van der Waals surface area contributed by atoms with Gasteiger partial charge in [-0.3, -0.25) is 0 Å². The van der Waals surface area contributed by atoms with Crippen LogP contribution in [0.3, 0.4) is 0 Å². The van der Waals surface area contributed by atoms with Gasteiger partial charge in [0.15, 0.2) is 0 Å². The Kier molecular flexibility index (Phi) is 3.67. The van der Waals surface area contributed by atoms with Crippen LogP contribution in [-0.4, -0.2) is 28.5 Å². The molecule has 3 aromatic rings. The maximum Gasteiger partial charge on any atom is 0.494 e. The summed E-state index contributed by atoms with van der Waals surface area (Å²) in [6.45, 7) is 8.24. The highest BCUT2D eigenvalue weighted by Gasteiger charge is 2.51. The zero-order valence-corrected chi connectivity index (χ0v) is 15.0. The molecule has 25 heavy (non-hydrogen) atoms. The summed E-state index contributed by atoms with van der Waals surface area (Å²) in [5.41, 5.74) is 3.04. The van der Waals surface area contributed by atoms with Gasteiger partial charge in [0.2, 0.25) is 0 Å². The minimum Gasteiger partial charge on any atom is -0.399 e. The van der Waals surface area contributed by atoms with E-state index in [4.69, 9.17) is 9.31 Å². The summed E-state index contributed by atoms with van der Waals surface area (Å²) in [5, 5.41) is 9.77. The molecule has 0 aliphatic carbocycles. The summed E-state index contributed by atoms with van der Waals surface area (Å²) in [6.07, 6.45) is 0. The van der Waals surface area contributed by atoms with Gasteiger partial charge in [-0.2, -0.15) is 0 Å². The van der Waals surface area contributed by atoms with Crippen molar-refractivity contribution in [3.8, 4) is 11.3 Å². The third kappa shape index (κ3) is 2.83. The SMILES string of the molecule is CC1(C)OB(c2cccc(-c3cc4ccccc4nn3)c2)OC1(C)C. The summed E-state index contributed by atoms with van der Waals surface area (Å²) >= 11 is 0. The van der Waals surface area contributed by atoms with E-state index in [2.05, 4.69) is 50.0 Å². The summed E-state index contributed by atoms with van der Waals surface area (Å²) in [7, 11) is -0.377. The number of benzene rings is 2. The molecule has 2 heterocycles. The van der Waals surface area contributed by atoms with E-state index >= 15 is 0 Å². The molecule has 0 N–H and O–H groups in total. The second-order valence-corrected chi connectivity index (χ2v) is 7.50. The molecule has 4 rings (SSSR count). The fourth-order valence-corrected chi connectivity index (χ4v) is 2.95. The van der Waals surface area contributed by atoms with Crippen molar-refractivity contribution < 1.29 is 9.31 Å². The van der Waals surface area contributed by atoms with E-state index in [9.17, 15) is 0 Å². The Labute approximate surface area is 148 Å². The Morgan fingerprint density at radius 1 is 0.800 bits per heavy atom. The monoisotopic (exact) mass is 332 g/mol. The molecule has 1 aromatic heterocycles. The lowest BCUT2D eigenvalue weighted by molar-refractivity contribution is 0.00578. The fourth-order valence-electron chi connectivity index (χ4n) is 2.95. The minimum atomic E-state index is -0.377. The quantitative estimate of drug-likeness (QED) is 0.673. The topological polar surface area (TPSA) is 44.2 Å². The average molecular weight is 332 g/mol. The van der Waals surface area contributed by atoms with Crippen molar-refractivity contribution in [2.45, 2.75) is 38.9 Å². The molecule has 5 heteroatoms. The van der Waals surface area contributed by atoms with Gasteiger partial charge in [0, 0.05) is 10.9 Å². The van der Waals surface area contributed by atoms with Crippen LogP contribution in [-0.2, 0) is 9.31 Å². The van der Waals surface area contributed by atoms with Crippen LogP contribution in [0.5, 0.6) is 0 Å². The molecule has 1 saturated heterocycles. The van der Waals surface area contributed by atoms with Gasteiger partial charge in [0.05, 0.1) is 22.4 Å². The number of hydrogen-bond acceptors (Lipinski definition) is 4. The van der Waals surface area contributed by atoms with Gasteiger partial charge in [-0.15, -0.1) is 10.2 Å². The largest absolute Gasteiger partial charge is 0.494 e. The third-order valence-electron chi connectivity index (χ3n) is 5.20. The van der Waals surface area contributed by atoms with E-state index in [1.807, 2.05) is 42.5 Å². The Morgan fingerprint density at radius 2 is 1.52 bits per heavy atom. The van der Waals surface area contributed by atoms with Gasteiger partial charge >= 0.3 is 7.12 Å². The van der Waals surface area contributed by atoms with Crippen LogP contribution in [0, 0.1) is 0 Å². The normalized spacial score (nSPS) is 18.6. The molecule has 1 fully saturated rings. The second-order valence-electron chi connectivity index (χ2n) is 7.50. The molecule has 126 valence electrons. The zero-order valence-electron chi connectivity index (χ0n) is 15.0. The van der Waals surface area contributed by atoms with E-state index in [-0.39, 0.29) is 18.3 Å². The van der Waals surface area contributed by atoms with E-state index < -0.39 is 0 Å². The van der Waals surface area contributed by atoms with Gasteiger partial charge < -0.3 is 9.31 Å². The van der Waals surface area contributed by atoms with Crippen molar-refractivity contribution in [1.82, 2.24) is 10.2 Å². The molecule has 0 unspecified atom stereocenters. The zero-order chi connectivity index (χ0) is 17.7. The van der Waals surface area contributed by atoms with Crippen LogP contribution in [0.15, 0.2) is 54.6 Å². The molecule has 0 radical (unpaired) electrons. The molecule has 0 saturated carbocycles. The highest BCUT2D eigenvalue weighted by Crippen LogP contribution is 2.36. The van der Waals surface area contributed by atoms with Crippen LogP contribution in [0.2, 0.25) is 0 Å². The van der Waals surface area contributed by atoms with Crippen LogP contribution in [0.4, 0.5) is 0 Å². The highest BCUT2D eigenvalue weighted by molar-refractivity contribution is 6.62. The molecule has 0 bridgehead atoms. The van der Waals surface area contributed by atoms with Crippen molar-refractivity contribution in [2.24, 2.45) is 0 Å². The van der Waals surface area contributed by atoms with Crippen molar-refractivity contribution in [3.05, 3.63) is 54.6 Å². The first-order valence-electron chi connectivity index (χ1n) is 8.54. The van der Waals surface area contributed by atoms with Gasteiger partial charge in [-0.25, -0.2) is 0 Å². The molecule has 4 nitrogen and oxygen atoms in total. The van der Waals surface area contributed by atoms with E-state index in [0.717, 1.165) is 27.6 Å². The van der Waals surface area contributed by atoms with Crippen LogP contribution >= 0.6 is 0 Å². The summed E-state index contributed by atoms with van der Waals surface area (Å²) < 4.78 is 12.3. The van der Waals surface area contributed by atoms with Crippen molar-refractivity contribution in [1.29, 1.82) is 0 Å². The Morgan fingerprint density at radius 3 is 2.28 bits per heavy atom. The van der Waals surface area contributed by atoms with Crippen LogP contribution in [0.25, 0.3) is 22.2 Å². The van der Waals surface area contributed by atoms with E-state index in [1.165, 1.54) is 0 Å². The molecule has 2 aromatic carbocycles. The number of nitrogens with zero attached hydrogens (tertiary/aromatic N) is 2. The lowest BCUT2D eigenvalue weighted by atomic mass is 9.78. The van der Waals surface area contributed by atoms with Gasteiger partial charge in [-0.1, -0.05) is 42.5 Å². The molecular formula is C20H21BN2O2. The highest BCUT2D eigenvalue weighted by atomic mass is 16.7. The number of fused-ring (bicyclic) bond motifs is 1. The first-order valence-corrected chi connectivity index (χ1v) is 8.54. The number of aromatic nitrogens is 2. The van der Waals surface area contributed by atoms with Crippen LogP contribution < -0.4 is 5.46 Å². The first-order chi connectivity index (χ1) is 11.9. The van der Waals surface area contributed by atoms with E-state index in [1.54, 1.807) is 0 Å². The van der Waals surface area contributed by atoms with Crippen LogP contribution in [0.1, 0.15) is 27.7 Å². The first kappa shape index (κ1) is 16.2. The molecule has 0 atom stereocenters. The number of rotatable bonds is 2. The van der Waals surface area contributed by atoms with Gasteiger partial charge in [-0.05, 0) is 45.3 Å². The lowest BCUT2D eigenvalue weighted by Crippen LogP contribution is -2.41. The fraction of sp³-hybridized carbons (Fsp3) is 0.300. The van der Waals surface area contributed by atoms with Crippen molar-refractivity contribution in [3.63, 3.8) is 0 Å². The summed E-state index contributed by atoms with van der Waals surface area (Å²) in [4.78, 5) is 0. The van der Waals surface area contributed by atoms with Crippen molar-refractivity contribution >= 4 is 23.5 Å². The molecule has 0 spiro atoms. The predicted octanol–water partition coefficient (Wildman–Crippen LogP) is 3.60. The molecule has 1 aliphatic rings. The molecular weight excluding hydrogens is 311 g/mol. The minimum absolute atomic E-state index is 0.351. The maximum absolute atomic E-state index is 6.15. The Hall–Kier alpha value is -2.24. The van der Waals surface area contributed by atoms with E-state index in [0.29, 0.717) is 0 Å². The standard InChI is InChI=1S/C20H21BN2O2/c1-19(2)20(3,4)25-21(24-19)16-10-7-9-14(12-16)18-13-15-8-5-6-11-17(15)22-23-18/h5-13H,1-4H3. The summed E-state index contributed by atoms with van der Waals surface area (Å²) in [5.74, 6) is 0. The smallest absolute Gasteiger partial charge is 0.399 e. The predicted molar refractivity (Wildman–Crippen MR) is 101 cm³/mol. The molecule has 1 aliphatic heterocycles. The lowest BCUT2D eigenvalue weighted by Gasteiger charge is -2.32. The third-order valence-corrected chi connectivity index (χ3v) is 5.20. The summed E-state index contributed by atoms with van der Waals surface area (Å²) in [6, 6.07) is 18.2. The maximum atomic E-state index is 6.15. The van der Waals surface area contributed by atoms with Crippen molar-refractivity contribution in [2.75, 3.05) is 0 Å². The van der Waals surface area contributed by atoms with Gasteiger partial charge in [0.1, 0.15) is 0 Å².